The molecule has 1 unspecified atom stereocenters. The highest BCUT2D eigenvalue weighted by molar-refractivity contribution is 6.07. The molecular weight excluding hydrogens is 425 g/mol. The summed E-state index contributed by atoms with van der Waals surface area (Å²) in [6.45, 7) is 3.86. The van der Waals surface area contributed by atoms with Crippen LogP contribution in [0.2, 0.25) is 0 Å². The number of aryl methyl sites for hydroxylation is 1. The molecule has 2 N–H and O–H groups in total. The number of fused-ring (bicyclic) bond motifs is 1. The third-order valence-corrected chi connectivity index (χ3v) is 5.44. The van der Waals surface area contributed by atoms with E-state index in [9.17, 15) is 18.0 Å². The van der Waals surface area contributed by atoms with Gasteiger partial charge in [0.25, 0.3) is 5.91 Å². The largest absolute Gasteiger partial charge is 0.408 e. The van der Waals surface area contributed by atoms with Crippen molar-refractivity contribution >= 4 is 28.4 Å². The van der Waals surface area contributed by atoms with E-state index >= 15 is 0 Å². The zero-order chi connectivity index (χ0) is 22.9. The number of halogens is 3. The number of carbonyl (C=O) groups excluding carboxylic acids is 1. The van der Waals surface area contributed by atoms with Gasteiger partial charge in [0.2, 0.25) is 0 Å². The minimum Gasteiger partial charge on any atom is -0.381 e. The number of alkyl halides is 3. The van der Waals surface area contributed by atoms with Crippen LogP contribution in [-0.4, -0.2) is 50.9 Å². The molecule has 0 bridgehead atoms. The van der Waals surface area contributed by atoms with Gasteiger partial charge in [-0.25, -0.2) is 15.0 Å². The van der Waals surface area contributed by atoms with Gasteiger partial charge in [0.15, 0.2) is 0 Å². The predicted molar refractivity (Wildman–Crippen MR) is 112 cm³/mol. The minimum atomic E-state index is -4.49. The lowest BCUT2D eigenvalue weighted by Crippen LogP contribution is -2.38. The van der Waals surface area contributed by atoms with Crippen LogP contribution >= 0.6 is 0 Å². The molecule has 1 amide bonds. The molecule has 0 aliphatic carbocycles. The molecule has 170 valence electrons. The third kappa shape index (κ3) is 4.67. The summed E-state index contributed by atoms with van der Waals surface area (Å²) in [5, 5.41) is 6.22. The van der Waals surface area contributed by atoms with Crippen LogP contribution in [-0.2, 0) is 4.74 Å². The standard InChI is InChI=1S/C21H23F3N6O2/c1-12(21(22,23)24)30-11-16(20(31)28-14-4-7-32-8-5-14)15-10-26-19(9-17(15)30)29-18-3-6-25-13(2)27-18/h3,6,9-12,14H,4-5,7-8H2,1-2H3,(H,28,31)(H,25,26,27,29). The molecule has 3 aromatic heterocycles. The first-order chi connectivity index (χ1) is 15.2. The lowest BCUT2D eigenvalue weighted by Gasteiger charge is -2.23. The van der Waals surface area contributed by atoms with Crippen LogP contribution in [0.4, 0.5) is 24.8 Å². The first-order valence-electron chi connectivity index (χ1n) is 10.2. The van der Waals surface area contributed by atoms with Gasteiger partial charge in [0.1, 0.15) is 23.5 Å². The average molecular weight is 448 g/mol. The fourth-order valence-electron chi connectivity index (χ4n) is 3.63. The number of nitrogens with zero attached hydrogens (tertiary/aromatic N) is 4. The van der Waals surface area contributed by atoms with Crippen molar-refractivity contribution in [2.24, 2.45) is 0 Å². The molecule has 32 heavy (non-hydrogen) atoms. The predicted octanol–water partition coefficient (Wildman–Crippen LogP) is 3.91. The monoisotopic (exact) mass is 448 g/mol. The summed E-state index contributed by atoms with van der Waals surface area (Å²) >= 11 is 0. The number of carbonyl (C=O) groups is 1. The van der Waals surface area contributed by atoms with Gasteiger partial charge in [-0.1, -0.05) is 0 Å². The van der Waals surface area contributed by atoms with E-state index in [1.807, 2.05) is 0 Å². The van der Waals surface area contributed by atoms with E-state index in [0.717, 1.165) is 11.5 Å². The highest BCUT2D eigenvalue weighted by Gasteiger charge is 2.38. The first-order valence-corrected chi connectivity index (χ1v) is 10.2. The first kappa shape index (κ1) is 22.0. The minimum absolute atomic E-state index is 0.0791. The van der Waals surface area contributed by atoms with Gasteiger partial charge in [-0.15, -0.1) is 0 Å². The zero-order valence-corrected chi connectivity index (χ0v) is 17.6. The molecule has 0 radical (unpaired) electrons. The number of aromatic nitrogens is 4. The summed E-state index contributed by atoms with van der Waals surface area (Å²) in [4.78, 5) is 25.4. The molecule has 11 heteroatoms. The van der Waals surface area contributed by atoms with Crippen molar-refractivity contribution in [1.29, 1.82) is 0 Å². The lowest BCUT2D eigenvalue weighted by molar-refractivity contribution is -0.162. The maximum atomic E-state index is 13.6. The Bertz CT molecular complexity index is 1120. The van der Waals surface area contributed by atoms with Gasteiger partial charge in [-0.2, -0.15) is 13.2 Å². The van der Waals surface area contributed by atoms with Gasteiger partial charge >= 0.3 is 6.18 Å². The molecule has 4 heterocycles. The Morgan fingerprint density at radius 1 is 1.25 bits per heavy atom. The van der Waals surface area contributed by atoms with Crippen LogP contribution in [0.5, 0.6) is 0 Å². The highest BCUT2D eigenvalue weighted by atomic mass is 19.4. The number of ether oxygens (including phenoxy) is 1. The number of anilines is 2. The number of pyridine rings is 1. The van der Waals surface area contributed by atoms with E-state index in [0.29, 0.717) is 48.9 Å². The Labute approximate surface area is 182 Å². The maximum absolute atomic E-state index is 13.6. The fourth-order valence-corrected chi connectivity index (χ4v) is 3.63. The summed E-state index contributed by atoms with van der Waals surface area (Å²) in [6, 6.07) is 1.21. The molecule has 0 saturated carbocycles. The van der Waals surface area contributed by atoms with Crippen molar-refractivity contribution in [1.82, 2.24) is 24.8 Å². The molecule has 8 nitrogen and oxygen atoms in total. The number of hydrogen-bond acceptors (Lipinski definition) is 6. The van der Waals surface area contributed by atoms with Crippen LogP contribution in [0.1, 0.15) is 42.0 Å². The van der Waals surface area contributed by atoms with Crippen LogP contribution < -0.4 is 10.6 Å². The molecule has 3 aromatic rings. The second-order valence-corrected chi connectivity index (χ2v) is 7.73. The maximum Gasteiger partial charge on any atom is 0.408 e. The van der Waals surface area contributed by atoms with Crippen molar-refractivity contribution < 1.29 is 22.7 Å². The van der Waals surface area contributed by atoms with Crippen molar-refractivity contribution in [2.75, 3.05) is 18.5 Å². The Balaban J connectivity index is 1.71. The Morgan fingerprint density at radius 3 is 2.69 bits per heavy atom. The summed E-state index contributed by atoms with van der Waals surface area (Å²) in [5.74, 6) is 0.880. The smallest absolute Gasteiger partial charge is 0.381 e. The van der Waals surface area contributed by atoms with Crippen LogP contribution in [0.15, 0.2) is 30.7 Å². The third-order valence-electron chi connectivity index (χ3n) is 5.44. The molecule has 0 aromatic carbocycles. The molecule has 1 aliphatic rings. The van der Waals surface area contributed by atoms with E-state index < -0.39 is 18.1 Å². The summed E-state index contributed by atoms with van der Waals surface area (Å²) < 4.78 is 47.0. The van der Waals surface area contributed by atoms with Gasteiger partial charge in [-0.05, 0) is 32.8 Å². The quantitative estimate of drug-likeness (QED) is 0.615. The van der Waals surface area contributed by atoms with Gasteiger partial charge in [0.05, 0.1) is 11.1 Å². The second-order valence-electron chi connectivity index (χ2n) is 7.73. The average Bonchev–Trinajstić information content (AvgIpc) is 3.12. The SMILES string of the molecule is Cc1nccc(Nc2cc3c(cn2)c(C(=O)NC2CCOCC2)cn3C(C)C(F)(F)F)n1. The normalized spacial score (nSPS) is 16.2. The Hall–Kier alpha value is -3.21. The molecule has 0 spiro atoms. The van der Waals surface area contributed by atoms with E-state index in [-0.39, 0.29) is 17.1 Å². The molecule has 1 aliphatic heterocycles. The van der Waals surface area contributed by atoms with Gasteiger partial charge < -0.3 is 19.9 Å². The molecule has 1 saturated heterocycles. The van der Waals surface area contributed by atoms with Crippen molar-refractivity contribution in [2.45, 2.75) is 44.9 Å². The van der Waals surface area contributed by atoms with Crippen molar-refractivity contribution in [3.63, 3.8) is 0 Å². The summed E-state index contributed by atoms with van der Waals surface area (Å²) in [7, 11) is 0. The van der Waals surface area contributed by atoms with Crippen LogP contribution in [0, 0.1) is 6.92 Å². The fraction of sp³-hybridized carbons (Fsp3) is 0.429. The van der Waals surface area contributed by atoms with Crippen molar-refractivity contribution in [3.05, 3.63) is 42.1 Å². The van der Waals surface area contributed by atoms with Crippen molar-refractivity contribution in [3.8, 4) is 0 Å². The van der Waals surface area contributed by atoms with E-state index in [4.69, 9.17) is 4.74 Å². The van der Waals surface area contributed by atoms with E-state index in [1.165, 1.54) is 18.5 Å². The molecule has 4 rings (SSSR count). The van der Waals surface area contributed by atoms with Gasteiger partial charge in [0, 0.05) is 49.3 Å². The summed E-state index contributed by atoms with van der Waals surface area (Å²) in [6.07, 6.45) is 1.06. The molecule has 1 fully saturated rings. The van der Waals surface area contributed by atoms with Crippen LogP contribution in [0.3, 0.4) is 0 Å². The molecular formula is C21H23F3N6O2. The Kier molecular flexibility index (Phi) is 6.00. The van der Waals surface area contributed by atoms with Gasteiger partial charge in [-0.3, -0.25) is 4.79 Å². The topological polar surface area (TPSA) is 94.0 Å². The highest BCUT2D eigenvalue weighted by Crippen LogP contribution is 2.35. The van der Waals surface area contributed by atoms with Crippen LogP contribution in [0.25, 0.3) is 10.9 Å². The van der Waals surface area contributed by atoms with E-state index in [2.05, 4.69) is 25.6 Å². The number of rotatable bonds is 5. The zero-order valence-electron chi connectivity index (χ0n) is 17.6. The second kappa shape index (κ2) is 8.73. The number of hydrogen-bond donors (Lipinski definition) is 2. The molecule has 1 atom stereocenters. The summed E-state index contributed by atoms with van der Waals surface area (Å²) in [5.41, 5.74) is 0.398. The van der Waals surface area contributed by atoms with E-state index in [1.54, 1.807) is 19.2 Å². The lowest BCUT2D eigenvalue weighted by atomic mass is 10.1. The Morgan fingerprint density at radius 2 is 2.00 bits per heavy atom. The number of nitrogens with one attached hydrogen (secondary N) is 2. The number of amides is 1.